The zero-order chi connectivity index (χ0) is 14.5. The summed E-state index contributed by atoms with van der Waals surface area (Å²) in [4.78, 5) is 0. The Labute approximate surface area is 127 Å². The van der Waals surface area contributed by atoms with Crippen molar-refractivity contribution in [2.45, 2.75) is 38.8 Å². The average molecular weight is 281 g/mol. The molecule has 0 spiro atoms. The molecule has 0 amide bonds. The summed E-state index contributed by atoms with van der Waals surface area (Å²) in [6.07, 6.45) is 2.71. The molecule has 1 fully saturated rings. The second kappa shape index (κ2) is 6.77. The highest BCUT2D eigenvalue weighted by Crippen LogP contribution is 2.41. The highest BCUT2D eigenvalue weighted by atomic mass is 16.5. The van der Waals surface area contributed by atoms with Crippen molar-refractivity contribution in [2.75, 3.05) is 6.61 Å². The lowest BCUT2D eigenvalue weighted by Gasteiger charge is -2.11. The van der Waals surface area contributed by atoms with E-state index in [4.69, 9.17) is 4.74 Å². The Morgan fingerprint density at radius 3 is 2.71 bits per heavy atom. The topological polar surface area (TPSA) is 21.3 Å². The summed E-state index contributed by atoms with van der Waals surface area (Å²) < 4.78 is 5.54. The fourth-order valence-corrected chi connectivity index (χ4v) is 2.74. The molecule has 0 saturated heterocycles. The van der Waals surface area contributed by atoms with Crippen LogP contribution in [0.25, 0.3) is 0 Å². The van der Waals surface area contributed by atoms with Crippen LogP contribution in [0.2, 0.25) is 0 Å². The van der Waals surface area contributed by atoms with Crippen molar-refractivity contribution in [1.82, 2.24) is 5.32 Å². The molecule has 0 radical (unpaired) electrons. The molecule has 0 unspecified atom stereocenters. The van der Waals surface area contributed by atoms with Crippen LogP contribution in [0, 0.1) is 0 Å². The summed E-state index contributed by atoms with van der Waals surface area (Å²) >= 11 is 0. The SMILES string of the molecule is CCOc1cccc(CNCc2ccccc2C2CC2)c1. The molecule has 0 heterocycles. The Hall–Kier alpha value is -1.80. The van der Waals surface area contributed by atoms with Gasteiger partial charge < -0.3 is 10.1 Å². The fourth-order valence-electron chi connectivity index (χ4n) is 2.74. The number of hydrogen-bond donors (Lipinski definition) is 1. The quantitative estimate of drug-likeness (QED) is 0.819. The van der Waals surface area contributed by atoms with Crippen LogP contribution in [0.1, 0.15) is 42.4 Å². The van der Waals surface area contributed by atoms with Crippen molar-refractivity contribution in [3.63, 3.8) is 0 Å². The van der Waals surface area contributed by atoms with Gasteiger partial charge in [0.15, 0.2) is 0 Å². The minimum atomic E-state index is 0.714. The third-order valence-corrected chi connectivity index (χ3v) is 3.93. The van der Waals surface area contributed by atoms with Crippen molar-refractivity contribution in [3.8, 4) is 5.75 Å². The molecule has 1 N–H and O–H groups in total. The van der Waals surface area contributed by atoms with Crippen LogP contribution in [0.15, 0.2) is 48.5 Å². The summed E-state index contributed by atoms with van der Waals surface area (Å²) in [5.41, 5.74) is 4.25. The molecule has 110 valence electrons. The van der Waals surface area contributed by atoms with Gasteiger partial charge in [-0.2, -0.15) is 0 Å². The van der Waals surface area contributed by atoms with Crippen molar-refractivity contribution < 1.29 is 4.74 Å². The van der Waals surface area contributed by atoms with E-state index in [0.717, 1.165) is 24.8 Å². The molecular weight excluding hydrogens is 258 g/mol. The van der Waals surface area contributed by atoms with E-state index >= 15 is 0 Å². The minimum Gasteiger partial charge on any atom is -0.494 e. The van der Waals surface area contributed by atoms with Gasteiger partial charge in [-0.1, -0.05) is 36.4 Å². The van der Waals surface area contributed by atoms with Gasteiger partial charge in [-0.3, -0.25) is 0 Å². The van der Waals surface area contributed by atoms with Crippen molar-refractivity contribution in [2.24, 2.45) is 0 Å². The second-order valence-corrected chi connectivity index (χ2v) is 5.66. The molecular formula is C19H23NO. The maximum atomic E-state index is 5.54. The van der Waals surface area contributed by atoms with Crippen LogP contribution in [0.3, 0.4) is 0 Å². The maximum Gasteiger partial charge on any atom is 0.119 e. The Morgan fingerprint density at radius 2 is 1.90 bits per heavy atom. The molecule has 3 rings (SSSR count). The van der Waals surface area contributed by atoms with Crippen LogP contribution in [-0.2, 0) is 13.1 Å². The third-order valence-electron chi connectivity index (χ3n) is 3.93. The van der Waals surface area contributed by atoms with Crippen LogP contribution >= 0.6 is 0 Å². The maximum absolute atomic E-state index is 5.54. The zero-order valence-corrected chi connectivity index (χ0v) is 12.6. The van der Waals surface area contributed by atoms with Crippen molar-refractivity contribution in [1.29, 1.82) is 0 Å². The molecule has 0 aromatic heterocycles. The molecule has 21 heavy (non-hydrogen) atoms. The summed E-state index contributed by atoms with van der Waals surface area (Å²) in [6.45, 7) is 4.54. The Balaban J connectivity index is 1.57. The molecule has 2 heteroatoms. The normalized spacial score (nSPS) is 14.1. The zero-order valence-electron chi connectivity index (χ0n) is 12.6. The number of rotatable bonds is 7. The van der Waals surface area contributed by atoms with E-state index in [9.17, 15) is 0 Å². The van der Waals surface area contributed by atoms with Gasteiger partial charge in [0, 0.05) is 13.1 Å². The van der Waals surface area contributed by atoms with Gasteiger partial charge in [-0.15, -0.1) is 0 Å². The van der Waals surface area contributed by atoms with E-state index in [1.54, 1.807) is 0 Å². The van der Waals surface area contributed by atoms with E-state index in [1.807, 2.05) is 13.0 Å². The summed E-state index contributed by atoms with van der Waals surface area (Å²) in [7, 11) is 0. The Morgan fingerprint density at radius 1 is 1.05 bits per heavy atom. The van der Waals surface area contributed by atoms with Crippen molar-refractivity contribution in [3.05, 3.63) is 65.2 Å². The second-order valence-electron chi connectivity index (χ2n) is 5.66. The number of nitrogens with one attached hydrogen (secondary N) is 1. The monoisotopic (exact) mass is 281 g/mol. The van der Waals surface area contributed by atoms with Gasteiger partial charge in [0.2, 0.25) is 0 Å². The van der Waals surface area contributed by atoms with E-state index in [1.165, 1.54) is 29.5 Å². The predicted octanol–water partition coefficient (Wildman–Crippen LogP) is 4.25. The lowest BCUT2D eigenvalue weighted by atomic mass is 10.0. The molecule has 1 saturated carbocycles. The van der Waals surface area contributed by atoms with Gasteiger partial charge in [-0.05, 0) is 54.5 Å². The summed E-state index contributed by atoms with van der Waals surface area (Å²) in [5.74, 6) is 1.76. The molecule has 1 aliphatic carbocycles. The molecule has 0 atom stereocenters. The molecule has 2 aromatic carbocycles. The minimum absolute atomic E-state index is 0.714. The van der Waals surface area contributed by atoms with Gasteiger partial charge in [0.05, 0.1) is 6.61 Å². The van der Waals surface area contributed by atoms with Crippen LogP contribution in [0.5, 0.6) is 5.75 Å². The van der Waals surface area contributed by atoms with E-state index in [0.29, 0.717) is 6.61 Å². The Bertz CT molecular complexity index is 590. The lowest BCUT2D eigenvalue weighted by Crippen LogP contribution is -2.14. The molecule has 2 nitrogen and oxygen atoms in total. The summed E-state index contributed by atoms with van der Waals surface area (Å²) in [6, 6.07) is 17.1. The van der Waals surface area contributed by atoms with Crippen LogP contribution < -0.4 is 10.1 Å². The van der Waals surface area contributed by atoms with Gasteiger partial charge in [0.1, 0.15) is 5.75 Å². The average Bonchev–Trinajstić information content (AvgIpc) is 3.33. The molecule has 0 bridgehead atoms. The van der Waals surface area contributed by atoms with Gasteiger partial charge >= 0.3 is 0 Å². The molecule has 2 aromatic rings. The fraction of sp³-hybridized carbons (Fsp3) is 0.368. The van der Waals surface area contributed by atoms with Crippen LogP contribution in [-0.4, -0.2) is 6.61 Å². The highest BCUT2D eigenvalue weighted by Gasteiger charge is 2.25. The highest BCUT2D eigenvalue weighted by molar-refractivity contribution is 5.33. The van der Waals surface area contributed by atoms with Crippen LogP contribution in [0.4, 0.5) is 0 Å². The number of hydrogen-bond acceptors (Lipinski definition) is 2. The largest absolute Gasteiger partial charge is 0.494 e. The smallest absolute Gasteiger partial charge is 0.119 e. The number of benzene rings is 2. The predicted molar refractivity (Wildman–Crippen MR) is 86.6 cm³/mol. The Kier molecular flexibility index (Phi) is 4.56. The summed E-state index contributed by atoms with van der Waals surface area (Å²) in [5, 5.41) is 3.55. The first-order chi connectivity index (χ1) is 10.4. The van der Waals surface area contributed by atoms with E-state index < -0.39 is 0 Å². The van der Waals surface area contributed by atoms with Gasteiger partial charge in [0.25, 0.3) is 0 Å². The third kappa shape index (κ3) is 3.85. The standard InChI is InChI=1S/C19H23NO/c1-2-21-18-8-5-6-15(12-18)13-20-14-17-7-3-4-9-19(17)16-10-11-16/h3-9,12,16,20H,2,10-11,13-14H2,1H3. The number of ether oxygens (including phenoxy) is 1. The first-order valence-corrected chi connectivity index (χ1v) is 7.87. The van der Waals surface area contributed by atoms with Gasteiger partial charge in [-0.25, -0.2) is 0 Å². The molecule has 1 aliphatic rings. The molecule has 0 aliphatic heterocycles. The first-order valence-electron chi connectivity index (χ1n) is 7.87. The van der Waals surface area contributed by atoms with Crippen molar-refractivity contribution >= 4 is 0 Å². The van der Waals surface area contributed by atoms with E-state index in [2.05, 4.69) is 47.8 Å². The lowest BCUT2D eigenvalue weighted by molar-refractivity contribution is 0.340. The van der Waals surface area contributed by atoms with E-state index in [-0.39, 0.29) is 0 Å². The first kappa shape index (κ1) is 14.2.